The quantitative estimate of drug-likeness (QED) is 0.853. The molecule has 3 nitrogen and oxygen atoms in total. The van der Waals surface area contributed by atoms with Gasteiger partial charge < -0.3 is 10.3 Å². The van der Waals surface area contributed by atoms with Crippen LogP contribution in [-0.2, 0) is 17.3 Å². The van der Waals surface area contributed by atoms with Crippen LogP contribution >= 0.6 is 0 Å². The Hall–Kier alpha value is -1.55. The molecule has 1 aromatic carbocycles. The van der Waals surface area contributed by atoms with E-state index in [0.29, 0.717) is 0 Å². The molecule has 2 N–H and O–H groups in total. The number of hydrogen-bond acceptors (Lipinski definition) is 2. The average molecular weight is 234 g/mol. The highest BCUT2D eigenvalue weighted by atomic mass is 32.2. The van der Waals surface area contributed by atoms with E-state index in [2.05, 4.69) is 10.3 Å². The molecule has 16 heavy (non-hydrogen) atoms. The van der Waals surface area contributed by atoms with Crippen molar-refractivity contribution in [2.75, 3.05) is 11.6 Å². The van der Waals surface area contributed by atoms with Crippen LogP contribution in [0.5, 0.6) is 0 Å². The van der Waals surface area contributed by atoms with Gasteiger partial charge in [0.1, 0.15) is 0 Å². The van der Waals surface area contributed by atoms with Gasteiger partial charge in [-0.2, -0.15) is 0 Å². The maximum Gasteiger partial charge on any atom is 0.0498 e. The Labute approximate surface area is 97.4 Å². The van der Waals surface area contributed by atoms with Gasteiger partial charge in [0.05, 0.1) is 0 Å². The molecule has 1 aromatic heterocycles. The monoisotopic (exact) mass is 234 g/mol. The predicted octanol–water partition coefficient (Wildman–Crippen LogP) is 2.36. The van der Waals surface area contributed by atoms with Gasteiger partial charge in [-0.3, -0.25) is 4.21 Å². The fourth-order valence-electron chi connectivity index (χ4n) is 1.44. The Balaban J connectivity index is 1.98. The maximum atomic E-state index is 11.2. The van der Waals surface area contributed by atoms with Crippen molar-refractivity contribution < 1.29 is 4.21 Å². The van der Waals surface area contributed by atoms with Gasteiger partial charge in [0.15, 0.2) is 0 Å². The van der Waals surface area contributed by atoms with E-state index in [9.17, 15) is 4.21 Å². The van der Waals surface area contributed by atoms with Gasteiger partial charge in [-0.15, -0.1) is 0 Å². The lowest BCUT2D eigenvalue weighted by molar-refractivity contribution is 0.687. The molecule has 0 saturated carbocycles. The molecule has 0 aliphatic rings. The van der Waals surface area contributed by atoms with Crippen LogP contribution in [0.3, 0.4) is 0 Å². The largest absolute Gasteiger partial charge is 0.381 e. The summed E-state index contributed by atoms with van der Waals surface area (Å²) < 4.78 is 11.2. The Morgan fingerprint density at radius 1 is 1.25 bits per heavy atom. The molecule has 1 atom stereocenters. The van der Waals surface area contributed by atoms with Gasteiger partial charge in [0, 0.05) is 46.6 Å². The van der Waals surface area contributed by atoms with E-state index in [1.54, 1.807) is 6.26 Å². The second-order valence-electron chi connectivity index (χ2n) is 3.55. The molecule has 0 aliphatic carbocycles. The number of H-pyrrole nitrogens is 1. The van der Waals surface area contributed by atoms with E-state index in [-0.39, 0.29) is 0 Å². The summed E-state index contributed by atoms with van der Waals surface area (Å²) >= 11 is 0. The van der Waals surface area contributed by atoms with Crippen molar-refractivity contribution in [2.24, 2.45) is 0 Å². The van der Waals surface area contributed by atoms with E-state index in [1.165, 1.54) is 5.56 Å². The number of aromatic amines is 1. The van der Waals surface area contributed by atoms with Gasteiger partial charge in [0.25, 0.3) is 0 Å². The zero-order chi connectivity index (χ0) is 11.4. The molecule has 2 rings (SSSR count). The normalized spacial score (nSPS) is 12.3. The van der Waals surface area contributed by atoms with Crippen LogP contribution < -0.4 is 5.32 Å². The fraction of sp³-hybridized carbons (Fsp3) is 0.167. The summed E-state index contributed by atoms with van der Waals surface area (Å²) in [4.78, 5) is 3.86. The van der Waals surface area contributed by atoms with E-state index < -0.39 is 10.8 Å². The first-order chi connectivity index (χ1) is 7.75. The van der Waals surface area contributed by atoms with Crippen molar-refractivity contribution >= 4 is 16.5 Å². The molecule has 0 spiro atoms. The summed E-state index contributed by atoms with van der Waals surface area (Å²) in [5.74, 6) is 0. The standard InChI is InChI=1S/C12H14N2OS/c1-16(15)12-4-2-11(3-5-12)14-9-10-6-7-13-8-10/h2-8,13-14H,9H2,1H3. The summed E-state index contributed by atoms with van der Waals surface area (Å²) in [6.45, 7) is 0.790. The van der Waals surface area contributed by atoms with E-state index in [4.69, 9.17) is 0 Å². The zero-order valence-corrected chi connectivity index (χ0v) is 9.88. The minimum Gasteiger partial charge on any atom is -0.381 e. The highest BCUT2D eigenvalue weighted by molar-refractivity contribution is 7.84. The molecule has 84 valence electrons. The van der Waals surface area contributed by atoms with Crippen LogP contribution in [0, 0.1) is 0 Å². The summed E-state index contributed by atoms with van der Waals surface area (Å²) in [6, 6.07) is 9.69. The Kier molecular flexibility index (Phi) is 3.41. The Bertz CT molecular complexity index is 462. The number of anilines is 1. The van der Waals surface area contributed by atoms with Crippen molar-refractivity contribution in [3.8, 4) is 0 Å². The smallest absolute Gasteiger partial charge is 0.0498 e. The van der Waals surface area contributed by atoms with Crippen molar-refractivity contribution in [1.29, 1.82) is 0 Å². The van der Waals surface area contributed by atoms with Crippen LogP contribution in [0.2, 0.25) is 0 Å². The first kappa shape index (κ1) is 11.0. The molecule has 0 bridgehead atoms. The second kappa shape index (κ2) is 4.99. The molecule has 2 aromatic rings. The highest BCUT2D eigenvalue weighted by Gasteiger charge is 1.97. The molecule has 0 aliphatic heterocycles. The third-order valence-electron chi connectivity index (χ3n) is 2.35. The molecular weight excluding hydrogens is 220 g/mol. The van der Waals surface area contributed by atoms with Gasteiger partial charge in [-0.1, -0.05) is 0 Å². The Morgan fingerprint density at radius 2 is 2.00 bits per heavy atom. The second-order valence-corrected chi connectivity index (χ2v) is 4.93. The van der Waals surface area contributed by atoms with Gasteiger partial charge in [-0.05, 0) is 35.9 Å². The molecule has 0 fully saturated rings. The lowest BCUT2D eigenvalue weighted by Gasteiger charge is -2.05. The molecule has 1 heterocycles. The first-order valence-electron chi connectivity index (χ1n) is 5.05. The summed E-state index contributed by atoms with van der Waals surface area (Å²) in [5.41, 5.74) is 2.25. The van der Waals surface area contributed by atoms with Crippen LogP contribution in [0.1, 0.15) is 5.56 Å². The Morgan fingerprint density at radius 3 is 2.56 bits per heavy atom. The molecule has 4 heteroatoms. The molecular formula is C12H14N2OS. The molecule has 0 amide bonds. The minimum absolute atomic E-state index is 0.790. The highest BCUT2D eigenvalue weighted by Crippen LogP contribution is 2.12. The van der Waals surface area contributed by atoms with Crippen LogP contribution in [0.4, 0.5) is 5.69 Å². The molecule has 0 radical (unpaired) electrons. The summed E-state index contributed by atoms with van der Waals surface area (Å²) in [5, 5.41) is 3.29. The molecule has 0 saturated heterocycles. The SMILES string of the molecule is CS(=O)c1ccc(NCc2cc[nH]c2)cc1. The average Bonchev–Trinajstić information content (AvgIpc) is 2.80. The zero-order valence-electron chi connectivity index (χ0n) is 9.07. The predicted molar refractivity (Wildman–Crippen MR) is 66.9 cm³/mol. The van der Waals surface area contributed by atoms with Crippen molar-refractivity contribution in [3.63, 3.8) is 0 Å². The summed E-state index contributed by atoms with van der Waals surface area (Å²) in [6.07, 6.45) is 5.55. The third-order valence-corrected chi connectivity index (χ3v) is 3.28. The van der Waals surface area contributed by atoms with E-state index in [1.807, 2.05) is 42.7 Å². The number of rotatable bonds is 4. The van der Waals surface area contributed by atoms with Gasteiger partial charge in [0.2, 0.25) is 0 Å². The molecule has 1 unspecified atom stereocenters. The van der Waals surface area contributed by atoms with Crippen molar-refractivity contribution in [2.45, 2.75) is 11.4 Å². The van der Waals surface area contributed by atoms with Gasteiger partial charge >= 0.3 is 0 Å². The first-order valence-corrected chi connectivity index (χ1v) is 6.60. The fourth-order valence-corrected chi connectivity index (χ4v) is 1.96. The van der Waals surface area contributed by atoms with Crippen molar-refractivity contribution in [3.05, 3.63) is 48.3 Å². The summed E-state index contributed by atoms with van der Waals surface area (Å²) in [7, 11) is -0.903. The maximum absolute atomic E-state index is 11.2. The lowest BCUT2D eigenvalue weighted by Crippen LogP contribution is -1.98. The van der Waals surface area contributed by atoms with Crippen LogP contribution in [-0.4, -0.2) is 15.4 Å². The van der Waals surface area contributed by atoms with Crippen LogP contribution in [0.25, 0.3) is 0 Å². The number of benzene rings is 1. The lowest BCUT2D eigenvalue weighted by atomic mass is 10.3. The number of hydrogen-bond donors (Lipinski definition) is 2. The van der Waals surface area contributed by atoms with E-state index in [0.717, 1.165) is 17.1 Å². The number of nitrogens with one attached hydrogen (secondary N) is 2. The third kappa shape index (κ3) is 2.73. The van der Waals surface area contributed by atoms with Crippen LogP contribution in [0.15, 0.2) is 47.6 Å². The number of aromatic nitrogens is 1. The van der Waals surface area contributed by atoms with Crippen molar-refractivity contribution in [1.82, 2.24) is 4.98 Å². The van der Waals surface area contributed by atoms with Gasteiger partial charge in [-0.25, -0.2) is 0 Å². The minimum atomic E-state index is -0.903. The van der Waals surface area contributed by atoms with E-state index >= 15 is 0 Å². The topological polar surface area (TPSA) is 44.9 Å².